The molecule has 3 N–H and O–H groups in total. The van der Waals surface area contributed by atoms with Gasteiger partial charge in [-0.25, -0.2) is 19.9 Å². The van der Waals surface area contributed by atoms with E-state index in [1.165, 1.54) is 6.33 Å². The van der Waals surface area contributed by atoms with Gasteiger partial charge in [0.25, 0.3) is 0 Å². The van der Waals surface area contributed by atoms with Gasteiger partial charge in [0, 0.05) is 30.5 Å². The van der Waals surface area contributed by atoms with Crippen molar-refractivity contribution in [3.8, 4) is 0 Å². The Labute approximate surface area is 213 Å². The Balaban J connectivity index is 1.51. The van der Waals surface area contributed by atoms with Crippen LogP contribution in [-0.2, 0) is 15.0 Å². The van der Waals surface area contributed by atoms with Gasteiger partial charge in [-0.1, -0.05) is 20.8 Å². The summed E-state index contributed by atoms with van der Waals surface area (Å²) in [6.07, 6.45) is 6.44. The van der Waals surface area contributed by atoms with Crippen molar-refractivity contribution in [2.45, 2.75) is 109 Å². The van der Waals surface area contributed by atoms with Gasteiger partial charge in [-0.15, -0.1) is 0 Å². The molecule has 10 heteroatoms. The molecular formula is C26H40N8O2. The molecule has 0 spiro atoms. The van der Waals surface area contributed by atoms with Crippen LogP contribution in [0.3, 0.4) is 0 Å². The molecule has 0 aromatic carbocycles. The third-order valence-electron chi connectivity index (χ3n) is 6.84. The molecule has 3 heterocycles. The molecule has 1 aliphatic heterocycles. The van der Waals surface area contributed by atoms with Crippen LogP contribution in [0.5, 0.6) is 0 Å². The highest BCUT2D eigenvalue weighted by Crippen LogP contribution is 2.30. The lowest BCUT2D eigenvalue weighted by atomic mass is 9.84. The largest absolute Gasteiger partial charge is 0.356 e. The number of aromatic nitrogens is 4. The number of nitrogens with one attached hydrogen (secondary N) is 3. The number of rotatable bonds is 5. The first-order valence-corrected chi connectivity index (χ1v) is 12.9. The Morgan fingerprint density at radius 2 is 1.81 bits per heavy atom. The minimum atomic E-state index is -0.403. The maximum atomic E-state index is 13.6. The standard InChI is InChI=1S/C26H40N8O2/c1-15(35)30-18-12-16(33-26(5,6)7)8-9-20(18)34-11-10-17(23(34)36)31-22-21-19(28-14-29-22)13-27-24(32-21)25(2,3)4/h13-14,16-18,20,33H,8-12H2,1-7H3,(H,30,35)(H,28,29,31)/t16-,17+,18-,20+/m1/s1. The van der Waals surface area contributed by atoms with Crippen LogP contribution in [0, 0.1) is 0 Å². The molecule has 10 nitrogen and oxygen atoms in total. The Morgan fingerprint density at radius 1 is 1.06 bits per heavy atom. The summed E-state index contributed by atoms with van der Waals surface area (Å²) >= 11 is 0. The summed E-state index contributed by atoms with van der Waals surface area (Å²) in [4.78, 5) is 45.4. The first kappa shape index (κ1) is 26.2. The molecule has 0 radical (unpaired) electrons. The molecule has 4 rings (SSSR count). The zero-order valence-corrected chi connectivity index (χ0v) is 22.6. The second-order valence-corrected chi connectivity index (χ2v) is 12.2. The van der Waals surface area contributed by atoms with Gasteiger partial charge >= 0.3 is 0 Å². The summed E-state index contributed by atoms with van der Waals surface area (Å²) in [7, 11) is 0. The zero-order chi connectivity index (χ0) is 26.3. The van der Waals surface area contributed by atoms with Crippen molar-refractivity contribution in [1.82, 2.24) is 35.5 Å². The van der Waals surface area contributed by atoms with Gasteiger partial charge < -0.3 is 20.9 Å². The lowest BCUT2D eigenvalue weighted by molar-refractivity contribution is -0.132. The predicted molar refractivity (Wildman–Crippen MR) is 139 cm³/mol. The van der Waals surface area contributed by atoms with Crippen LogP contribution in [0.2, 0.25) is 0 Å². The number of likely N-dealkylation sites (tertiary alicyclic amines) is 1. The SMILES string of the molecule is CC(=O)N[C@@H]1C[C@H](NC(C)(C)C)CC[C@@H]1N1CC[C@H](Nc2ncnc3cnc(C(C)(C)C)nc23)C1=O. The number of amides is 2. The predicted octanol–water partition coefficient (Wildman–Crippen LogP) is 2.54. The van der Waals surface area contributed by atoms with Crippen molar-refractivity contribution < 1.29 is 9.59 Å². The van der Waals surface area contributed by atoms with E-state index in [2.05, 4.69) is 72.4 Å². The molecule has 2 aliphatic rings. The fraction of sp³-hybridized carbons (Fsp3) is 0.692. The maximum Gasteiger partial charge on any atom is 0.245 e. The zero-order valence-electron chi connectivity index (χ0n) is 22.6. The van der Waals surface area contributed by atoms with Gasteiger partial charge in [0.15, 0.2) is 5.82 Å². The van der Waals surface area contributed by atoms with E-state index >= 15 is 0 Å². The summed E-state index contributed by atoms with van der Waals surface area (Å²) in [6, 6.07) is -0.211. The Kier molecular flexibility index (Phi) is 7.19. The van der Waals surface area contributed by atoms with E-state index < -0.39 is 6.04 Å². The minimum absolute atomic E-state index is 0.00647. The fourth-order valence-electron chi connectivity index (χ4n) is 5.34. The number of hydrogen-bond donors (Lipinski definition) is 3. The van der Waals surface area contributed by atoms with E-state index in [1.807, 2.05) is 4.90 Å². The highest BCUT2D eigenvalue weighted by molar-refractivity contribution is 5.91. The Hall–Kier alpha value is -2.88. The van der Waals surface area contributed by atoms with Crippen molar-refractivity contribution in [3.05, 3.63) is 18.3 Å². The molecule has 1 saturated heterocycles. The molecular weight excluding hydrogens is 456 g/mol. The Bertz CT molecular complexity index is 1120. The molecule has 1 saturated carbocycles. The van der Waals surface area contributed by atoms with Gasteiger partial charge in [0.2, 0.25) is 11.8 Å². The molecule has 0 unspecified atom stereocenters. The number of fused-ring (bicyclic) bond motifs is 1. The normalized spacial score (nSPS) is 25.3. The van der Waals surface area contributed by atoms with Crippen molar-refractivity contribution in [3.63, 3.8) is 0 Å². The molecule has 2 amide bonds. The van der Waals surface area contributed by atoms with E-state index in [0.29, 0.717) is 41.7 Å². The van der Waals surface area contributed by atoms with Crippen LogP contribution in [0.25, 0.3) is 11.0 Å². The van der Waals surface area contributed by atoms with Crippen molar-refractivity contribution in [2.75, 3.05) is 11.9 Å². The van der Waals surface area contributed by atoms with Crippen molar-refractivity contribution in [1.29, 1.82) is 0 Å². The molecule has 2 aromatic heterocycles. The smallest absolute Gasteiger partial charge is 0.245 e. The molecule has 0 bridgehead atoms. The monoisotopic (exact) mass is 496 g/mol. The second-order valence-electron chi connectivity index (χ2n) is 12.2. The third-order valence-corrected chi connectivity index (χ3v) is 6.84. The van der Waals surface area contributed by atoms with Crippen LogP contribution in [0.15, 0.2) is 12.5 Å². The van der Waals surface area contributed by atoms with E-state index in [4.69, 9.17) is 4.98 Å². The lowest BCUT2D eigenvalue weighted by Crippen LogP contribution is -2.59. The first-order chi connectivity index (χ1) is 16.8. The number of nitrogens with zero attached hydrogens (tertiary/aromatic N) is 5. The summed E-state index contributed by atoms with van der Waals surface area (Å²) in [5.41, 5.74) is 1.03. The average molecular weight is 497 g/mol. The summed E-state index contributed by atoms with van der Waals surface area (Å²) in [5.74, 6) is 1.22. The van der Waals surface area contributed by atoms with Crippen LogP contribution < -0.4 is 16.0 Å². The van der Waals surface area contributed by atoms with Gasteiger partial charge in [0.1, 0.15) is 29.2 Å². The van der Waals surface area contributed by atoms with Gasteiger partial charge in [0.05, 0.1) is 18.3 Å². The molecule has 36 heavy (non-hydrogen) atoms. The van der Waals surface area contributed by atoms with Crippen LogP contribution in [-0.4, -0.2) is 72.9 Å². The molecule has 2 fully saturated rings. The van der Waals surface area contributed by atoms with Gasteiger partial charge in [-0.05, 0) is 46.5 Å². The van der Waals surface area contributed by atoms with Gasteiger partial charge in [-0.2, -0.15) is 0 Å². The summed E-state index contributed by atoms with van der Waals surface area (Å²) < 4.78 is 0. The van der Waals surface area contributed by atoms with Crippen LogP contribution >= 0.6 is 0 Å². The quantitative estimate of drug-likeness (QED) is 0.577. The van der Waals surface area contributed by atoms with E-state index in [0.717, 1.165) is 19.3 Å². The number of hydrogen-bond acceptors (Lipinski definition) is 8. The lowest BCUT2D eigenvalue weighted by Gasteiger charge is -2.43. The van der Waals surface area contributed by atoms with E-state index in [1.54, 1.807) is 13.1 Å². The topological polar surface area (TPSA) is 125 Å². The minimum Gasteiger partial charge on any atom is -0.356 e. The molecule has 4 atom stereocenters. The number of carbonyl (C=O) groups is 2. The van der Waals surface area contributed by atoms with Crippen LogP contribution in [0.4, 0.5) is 5.82 Å². The van der Waals surface area contributed by atoms with E-state index in [9.17, 15) is 9.59 Å². The first-order valence-electron chi connectivity index (χ1n) is 12.9. The highest BCUT2D eigenvalue weighted by atomic mass is 16.2. The van der Waals surface area contributed by atoms with Crippen molar-refractivity contribution in [2.24, 2.45) is 0 Å². The summed E-state index contributed by atoms with van der Waals surface area (Å²) in [6.45, 7) is 14.8. The fourth-order valence-corrected chi connectivity index (χ4v) is 5.34. The maximum absolute atomic E-state index is 13.6. The third kappa shape index (κ3) is 5.91. The van der Waals surface area contributed by atoms with Crippen LogP contribution in [0.1, 0.15) is 80.0 Å². The number of carbonyl (C=O) groups excluding carboxylic acids is 2. The second kappa shape index (κ2) is 9.88. The molecule has 1 aliphatic carbocycles. The van der Waals surface area contributed by atoms with E-state index in [-0.39, 0.29) is 34.9 Å². The molecule has 196 valence electrons. The highest BCUT2D eigenvalue weighted by Gasteiger charge is 2.42. The average Bonchev–Trinajstić information content (AvgIpc) is 3.11. The Morgan fingerprint density at radius 3 is 2.47 bits per heavy atom. The number of anilines is 1. The van der Waals surface area contributed by atoms with Gasteiger partial charge in [-0.3, -0.25) is 9.59 Å². The van der Waals surface area contributed by atoms with Crippen molar-refractivity contribution >= 4 is 28.7 Å². The molecule has 2 aromatic rings. The summed E-state index contributed by atoms with van der Waals surface area (Å²) in [5, 5.41) is 10.1.